The van der Waals surface area contributed by atoms with Crippen molar-refractivity contribution >= 4 is 0 Å². The van der Waals surface area contributed by atoms with E-state index in [0.29, 0.717) is 0 Å². The molecule has 0 aromatic heterocycles. The van der Waals surface area contributed by atoms with E-state index in [4.69, 9.17) is 0 Å². The lowest BCUT2D eigenvalue weighted by Crippen LogP contribution is -2.21. The molecule has 0 nitrogen and oxygen atoms in total. The van der Waals surface area contributed by atoms with Crippen LogP contribution in [-0.4, -0.2) is 12.6 Å². The van der Waals surface area contributed by atoms with Crippen molar-refractivity contribution in [3.63, 3.8) is 0 Å². The second kappa shape index (κ2) is 3.59. The number of halogens is 5. The van der Waals surface area contributed by atoms with Crippen molar-refractivity contribution in [2.45, 2.75) is 38.3 Å². The minimum absolute atomic E-state index is 0.0669. The number of hydrogen-bond donors (Lipinski definition) is 0. The van der Waals surface area contributed by atoms with Gasteiger partial charge in [-0.3, -0.25) is 0 Å². The molecule has 0 radical (unpaired) electrons. The van der Waals surface area contributed by atoms with Crippen LogP contribution in [0.3, 0.4) is 0 Å². The van der Waals surface area contributed by atoms with Gasteiger partial charge >= 0.3 is 6.18 Å². The first kappa shape index (κ1) is 11.1. The summed E-state index contributed by atoms with van der Waals surface area (Å²) < 4.78 is 61.8. The lowest BCUT2D eigenvalue weighted by Gasteiger charge is -2.16. The Hall–Kier alpha value is -0.350. The van der Waals surface area contributed by atoms with E-state index >= 15 is 0 Å². The lowest BCUT2D eigenvalue weighted by molar-refractivity contribution is -0.174. The number of hydrogen-bond acceptors (Lipinski definition) is 0. The van der Waals surface area contributed by atoms with Crippen LogP contribution >= 0.6 is 0 Å². The van der Waals surface area contributed by atoms with Gasteiger partial charge in [0.25, 0.3) is 0 Å². The van der Waals surface area contributed by atoms with Gasteiger partial charge in [-0.15, -0.1) is 0 Å². The van der Waals surface area contributed by atoms with Crippen LogP contribution in [-0.2, 0) is 0 Å². The van der Waals surface area contributed by atoms with Gasteiger partial charge in [0, 0.05) is 5.92 Å². The molecule has 2 saturated carbocycles. The fourth-order valence-electron chi connectivity index (χ4n) is 3.14. The van der Waals surface area contributed by atoms with Crippen molar-refractivity contribution in [1.29, 1.82) is 0 Å². The van der Waals surface area contributed by atoms with E-state index < -0.39 is 24.4 Å². The molecular formula is C10H13F5. The molecule has 88 valence electrons. The first-order valence-electron chi connectivity index (χ1n) is 5.22. The van der Waals surface area contributed by atoms with Gasteiger partial charge in [-0.2, -0.15) is 13.2 Å². The highest BCUT2D eigenvalue weighted by Gasteiger charge is 2.52. The van der Waals surface area contributed by atoms with Gasteiger partial charge in [-0.1, -0.05) is 0 Å². The zero-order chi connectivity index (χ0) is 11.2. The Labute approximate surface area is 84.8 Å². The Bertz CT molecular complexity index is 220. The molecule has 2 unspecified atom stereocenters. The van der Waals surface area contributed by atoms with E-state index in [-0.39, 0.29) is 37.5 Å². The first-order valence-corrected chi connectivity index (χ1v) is 5.22. The minimum Gasteiger partial charge on any atom is -0.210 e. The fourth-order valence-corrected chi connectivity index (χ4v) is 3.14. The average molecular weight is 228 g/mol. The summed E-state index contributed by atoms with van der Waals surface area (Å²) in [6.45, 7) is 0. The zero-order valence-electron chi connectivity index (χ0n) is 8.11. The Balaban J connectivity index is 1.94. The molecule has 2 fully saturated rings. The van der Waals surface area contributed by atoms with Crippen LogP contribution in [0, 0.1) is 23.7 Å². The van der Waals surface area contributed by atoms with Crippen LogP contribution < -0.4 is 0 Å². The molecule has 15 heavy (non-hydrogen) atoms. The molecule has 2 atom stereocenters. The molecule has 0 N–H and O–H groups in total. The van der Waals surface area contributed by atoms with Crippen molar-refractivity contribution in [2.24, 2.45) is 23.7 Å². The maximum atomic E-state index is 12.4. The normalized spacial score (nSPS) is 41.2. The van der Waals surface area contributed by atoms with E-state index in [1.54, 1.807) is 0 Å². The summed E-state index contributed by atoms with van der Waals surface area (Å²) in [7, 11) is 0. The maximum absolute atomic E-state index is 12.4. The van der Waals surface area contributed by atoms with E-state index in [1.165, 1.54) is 0 Å². The van der Waals surface area contributed by atoms with E-state index in [0.717, 1.165) is 0 Å². The Morgan fingerprint density at radius 1 is 0.867 bits per heavy atom. The Morgan fingerprint density at radius 3 is 1.67 bits per heavy atom. The van der Waals surface area contributed by atoms with Gasteiger partial charge in [0.05, 0.1) is 5.92 Å². The summed E-state index contributed by atoms with van der Waals surface area (Å²) in [5, 5.41) is 0. The van der Waals surface area contributed by atoms with E-state index in [1.807, 2.05) is 0 Å². The third-order valence-corrected chi connectivity index (χ3v) is 3.87. The van der Waals surface area contributed by atoms with Crippen LogP contribution in [0.4, 0.5) is 22.0 Å². The minimum atomic E-state index is -4.13. The van der Waals surface area contributed by atoms with Gasteiger partial charge in [0.15, 0.2) is 0 Å². The van der Waals surface area contributed by atoms with Gasteiger partial charge < -0.3 is 0 Å². The molecule has 5 heteroatoms. The predicted octanol–water partition coefficient (Wildman–Crippen LogP) is 3.87. The molecule has 0 amide bonds. The molecule has 0 aromatic rings. The summed E-state index contributed by atoms with van der Waals surface area (Å²) >= 11 is 0. The smallest absolute Gasteiger partial charge is 0.210 e. The third kappa shape index (κ3) is 2.11. The molecule has 0 aliphatic heterocycles. The maximum Gasteiger partial charge on any atom is 0.391 e. The van der Waals surface area contributed by atoms with Crippen LogP contribution in [0.2, 0.25) is 0 Å². The summed E-state index contributed by atoms with van der Waals surface area (Å²) in [4.78, 5) is 0. The van der Waals surface area contributed by atoms with Crippen LogP contribution in [0.5, 0.6) is 0 Å². The number of fused-ring (bicyclic) bond motifs is 1. The second-order valence-corrected chi connectivity index (χ2v) is 4.80. The van der Waals surface area contributed by atoms with Gasteiger partial charge in [-0.05, 0) is 37.5 Å². The highest BCUT2D eigenvalue weighted by Crippen LogP contribution is 2.54. The zero-order valence-corrected chi connectivity index (χ0v) is 8.11. The molecule has 2 rings (SSSR count). The molecule has 0 saturated heterocycles. The molecule has 0 heterocycles. The van der Waals surface area contributed by atoms with Crippen LogP contribution in [0.25, 0.3) is 0 Å². The predicted molar refractivity (Wildman–Crippen MR) is 44.5 cm³/mol. The molecule has 0 bridgehead atoms. The largest absolute Gasteiger partial charge is 0.391 e. The molecular weight excluding hydrogens is 215 g/mol. The second-order valence-electron chi connectivity index (χ2n) is 4.80. The van der Waals surface area contributed by atoms with Crippen molar-refractivity contribution in [2.75, 3.05) is 0 Å². The number of rotatable bonds is 1. The molecule has 2 aliphatic rings. The van der Waals surface area contributed by atoms with E-state index in [2.05, 4.69) is 0 Å². The summed E-state index contributed by atoms with van der Waals surface area (Å²) in [6, 6.07) is 0. The van der Waals surface area contributed by atoms with Crippen molar-refractivity contribution in [3.05, 3.63) is 0 Å². The van der Waals surface area contributed by atoms with Crippen molar-refractivity contribution in [3.8, 4) is 0 Å². The van der Waals surface area contributed by atoms with Crippen molar-refractivity contribution in [1.82, 2.24) is 0 Å². The summed E-state index contributed by atoms with van der Waals surface area (Å²) in [5.74, 6) is -2.13. The topological polar surface area (TPSA) is 0 Å². The van der Waals surface area contributed by atoms with E-state index in [9.17, 15) is 22.0 Å². The quantitative estimate of drug-likeness (QED) is 0.598. The van der Waals surface area contributed by atoms with Crippen molar-refractivity contribution < 1.29 is 22.0 Å². The van der Waals surface area contributed by atoms with Gasteiger partial charge in [0.2, 0.25) is 6.43 Å². The summed E-state index contributed by atoms with van der Waals surface area (Å²) in [5.41, 5.74) is 0. The van der Waals surface area contributed by atoms with Crippen LogP contribution in [0.15, 0.2) is 0 Å². The number of alkyl halides is 5. The monoisotopic (exact) mass is 228 g/mol. The highest BCUT2D eigenvalue weighted by atomic mass is 19.4. The highest BCUT2D eigenvalue weighted by molar-refractivity contribution is 4.94. The van der Waals surface area contributed by atoms with Crippen LogP contribution in [0.1, 0.15) is 25.7 Å². The molecule has 0 spiro atoms. The molecule has 0 aromatic carbocycles. The fraction of sp³-hybridized carbons (Fsp3) is 1.00. The third-order valence-electron chi connectivity index (χ3n) is 3.87. The van der Waals surface area contributed by atoms with Gasteiger partial charge in [0.1, 0.15) is 0 Å². The summed E-state index contributed by atoms with van der Waals surface area (Å²) in [6.07, 6.45) is -5.79. The Kier molecular flexibility index (Phi) is 2.67. The standard InChI is InChI=1S/C10H13F5/c11-9(12)7-1-5-3-8(10(13,14)15)4-6(5)2-7/h5-9H,1-4H2. The molecule has 2 aliphatic carbocycles. The average Bonchev–Trinajstić information content (AvgIpc) is 2.55. The van der Waals surface area contributed by atoms with Gasteiger partial charge in [-0.25, -0.2) is 8.78 Å². The lowest BCUT2D eigenvalue weighted by atomic mass is 9.98. The first-order chi connectivity index (χ1) is 6.88. The SMILES string of the molecule is FC(F)C1CC2CC(C(F)(F)F)CC2C1. The Morgan fingerprint density at radius 2 is 1.33 bits per heavy atom.